The fourth-order valence-electron chi connectivity index (χ4n) is 3.13. The van der Waals surface area contributed by atoms with Gasteiger partial charge >= 0.3 is 0 Å². The molecule has 0 aliphatic carbocycles. The van der Waals surface area contributed by atoms with Crippen LogP contribution in [0.2, 0.25) is 0 Å². The fourth-order valence-corrected chi connectivity index (χ4v) is 5.15. The van der Waals surface area contributed by atoms with Gasteiger partial charge in [0.05, 0.1) is 16.3 Å². The van der Waals surface area contributed by atoms with Gasteiger partial charge in [-0.15, -0.1) is 0 Å². The zero-order valence-corrected chi connectivity index (χ0v) is 17.4. The molecule has 0 aliphatic rings. The number of hydrogen-bond donors (Lipinski definition) is 0. The van der Waals surface area contributed by atoms with E-state index in [0.717, 1.165) is 11.1 Å². The Hall–Kier alpha value is -1.62. The molecule has 0 bridgehead atoms. The Balaban J connectivity index is 2.89. The smallest absolute Gasteiger partial charge is 0.199 e. The van der Waals surface area contributed by atoms with Crippen molar-refractivity contribution in [2.75, 3.05) is 0 Å². The van der Waals surface area contributed by atoms with Crippen LogP contribution in [0.4, 0.5) is 0 Å². The molecule has 5 heteroatoms. The Kier molecular flexibility index (Phi) is 5.47. The average molecular weight is 363 g/mol. The highest BCUT2D eigenvalue weighted by molar-refractivity contribution is 7.90. The van der Waals surface area contributed by atoms with Gasteiger partial charge in [0, 0.05) is 0 Å². The highest BCUT2D eigenvalue weighted by Gasteiger charge is 2.29. The molecule has 0 atom stereocenters. The molecule has 2 rings (SSSR count). The van der Waals surface area contributed by atoms with Gasteiger partial charge in [0.1, 0.15) is 0 Å². The van der Waals surface area contributed by atoms with Crippen LogP contribution in [0.25, 0.3) is 0 Å². The molecule has 1 heterocycles. The van der Waals surface area contributed by atoms with Crippen LogP contribution in [0.5, 0.6) is 0 Å². The van der Waals surface area contributed by atoms with Gasteiger partial charge in [-0.05, 0) is 54.4 Å². The van der Waals surface area contributed by atoms with Crippen molar-refractivity contribution >= 4 is 10.0 Å². The summed E-state index contributed by atoms with van der Waals surface area (Å²) in [4.78, 5) is 0.424. The lowest BCUT2D eigenvalue weighted by Crippen LogP contribution is -2.21. The molecule has 0 unspecified atom stereocenters. The monoisotopic (exact) mass is 362 g/mol. The van der Waals surface area contributed by atoms with E-state index in [4.69, 9.17) is 0 Å². The van der Waals surface area contributed by atoms with Gasteiger partial charge in [0.15, 0.2) is 0 Å². The highest BCUT2D eigenvalue weighted by Crippen LogP contribution is 2.36. The minimum Gasteiger partial charge on any atom is -0.199 e. The summed E-state index contributed by atoms with van der Waals surface area (Å²) < 4.78 is 28.2. The third-order valence-electron chi connectivity index (χ3n) is 4.53. The number of aryl methyl sites for hydroxylation is 2. The molecule has 0 saturated carbocycles. The minimum atomic E-state index is -3.74. The summed E-state index contributed by atoms with van der Waals surface area (Å²) in [5, 5.41) is 4.25. The molecule has 1 aromatic carbocycles. The first-order valence-corrected chi connectivity index (χ1v) is 10.4. The van der Waals surface area contributed by atoms with Crippen LogP contribution >= 0.6 is 0 Å². The molecule has 0 aliphatic heterocycles. The second-order valence-electron chi connectivity index (χ2n) is 7.77. The number of nitrogens with zero attached hydrogens (tertiary/aromatic N) is 2. The standard InChI is InChI=1S/C20H30N2O2S/c1-12(2)17-10-18(13(3)4)20(19(11-17)14(5)6)25(23,24)22-16(8)9-15(7)21-22/h9-14H,1-8H3. The lowest BCUT2D eigenvalue weighted by atomic mass is 9.89. The van der Waals surface area contributed by atoms with Crippen LogP contribution in [0, 0.1) is 13.8 Å². The summed E-state index contributed by atoms with van der Waals surface area (Å²) in [6.07, 6.45) is 0. The van der Waals surface area contributed by atoms with Crippen molar-refractivity contribution in [2.45, 2.75) is 78.0 Å². The molecule has 4 nitrogen and oxygen atoms in total. The third-order valence-corrected chi connectivity index (χ3v) is 6.35. The number of benzene rings is 1. The Morgan fingerprint density at radius 2 is 1.32 bits per heavy atom. The molecule has 0 N–H and O–H groups in total. The summed E-state index contributed by atoms with van der Waals surface area (Å²) in [6.45, 7) is 16.1. The van der Waals surface area contributed by atoms with Crippen LogP contribution in [0.3, 0.4) is 0 Å². The topological polar surface area (TPSA) is 52.0 Å². The van der Waals surface area contributed by atoms with Crippen LogP contribution in [0.15, 0.2) is 23.1 Å². The molecule has 0 amide bonds. The zero-order chi connectivity index (χ0) is 19.1. The lowest BCUT2D eigenvalue weighted by molar-refractivity contribution is 0.572. The van der Waals surface area contributed by atoms with Gasteiger partial charge < -0.3 is 0 Å². The van der Waals surface area contributed by atoms with E-state index in [9.17, 15) is 8.42 Å². The highest BCUT2D eigenvalue weighted by atomic mass is 32.2. The second kappa shape index (κ2) is 6.94. The van der Waals surface area contributed by atoms with Crippen LogP contribution in [-0.2, 0) is 10.0 Å². The van der Waals surface area contributed by atoms with Crippen LogP contribution in [0.1, 0.15) is 87.4 Å². The molecular weight excluding hydrogens is 332 g/mol. The third kappa shape index (κ3) is 3.66. The maximum absolute atomic E-state index is 13.5. The van der Waals surface area contributed by atoms with E-state index in [1.165, 1.54) is 9.65 Å². The zero-order valence-electron chi connectivity index (χ0n) is 16.6. The molecule has 0 saturated heterocycles. The lowest BCUT2D eigenvalue weighted by Gasteiger charge is -2.23. The Morgan fingerprint density at radius 1 is 0.840 bits per heavy atom. The van der Waals surface area contributed by atoms with Crippen molar-refractivity contribution < 1.29 is 8.42 Å². The summed E-state index contributed by atoms with van der Waals surface area (Å²) >= 11 is 0. The van der Waals surface area contributed by atoms with Gasteiger partial charge in [-0.1, -0.05) is 53.7 Å². The van der Waals surface area contributed by atoms with E-state index in [-0.39, 0.29) is 11.8 Å². The molecule has 0 fully saturated rings. The number of rotatable bonds is 5. The van der Waals surface area contributed by atoms with E-state index in [1.54, 1.807) is 13.0 Å². The molecule has 1 aromatic heterocycles. The van der Waals surface area contributed by atoms with Crippen molar-refractivity contribution in [3.63, 3.8) is 0 Å². The van der Waals surface area contributed by atoms with Gasteiger partial charge in [-0.3, -0.25) is 0 Å². The largest absolute Gasteiger partial charge is 0.283 e. The first kappa shape index (κ1) is 19.7. The maximum atomic E-state index is 13.5. The molecular formula is C20H30N2O2S. The summed E-state index contributed by atoms with van der Waals surface area (Å²) in [6, 6.07) is 5.91. The summed E-state index contributed by atoms with van der Waals surface area (Å²) in [7, 11) is -3.74. The van der Waals surface area contributed by atoms with Crippen molar-refractivity contribution in [1.82, 2.24) is 9.19 Å². The van der Waals surface area contributed by atoms with Crippen molar-refractivity contribution in [3.05, 3.63) is 46.3 Å². The van der Waals surface area contributed by atoms with Crippen LogP contribution in [-0.4, -0.2) is 17.6 Å². The minimum absolute atomic E-state index is 0.109. The first-order chi connectivity index (χ1) is 11.5. The Bertz CT molecular complexity index is 846. The van der Waals surface area contributed by atoms with E-state index < -0.39 is 10.0 Å². The van der Waals surface area contributed by atoms with E-state index in [0.29, 0.717) is 22.2 Å². The van der Waals surface area contributed by atoms with E-state index in [2.05, 4.69) is 31.1 Å². The van der Waals surface area contributed by atoms with E-state index in [1.807, 2.05) is 34.6 Å². The number of hydrogen-bond acceptors (Lipinski definition) is 3. The van der Waals surface area contributed by atoms with Crippen LogP contribution < -0.4 is 0 Å². The van der Waals surface area contributed by atoms with Crippen molar-refractivity contribution in [1.29, 1.82) is 0 Å². The molecule has 25 heavy (non-hydrogen) atoms. The average Bonchev–Trinajstić information content (AvgIpc) is 2.84. The van der Waals surface area contributed by atoms with Gasteiger partial charge in [-0.2, -0.15) is 17.6 Å². The van der Waals surface area contributed by atoms with Gasteiger partial charge in [0.25, 0.3) is 10.0 Å². The fraction of sp³-hybridized carbons (Fsp3) is 0.550. The number of aromatic nitrogens is 2. The maximum Gasteiger partial charge on any atom is 0.283 e. The van der Waals surface area contributed by atoms with Gasteiger partial charge in [-0.25, -0.2) is 0 Å². The Morgan fingerprint density at radius 3 is 1.64 bits per heavy atom. The van der Waals surface area contributed by atoms with Crippen molar-refractivity contribution in [2.24, 2.45) is 0 Å². The van der Waals surface area contributed by atoms with Crippen molar-refractivity contribution in [3.8, 4) is 0 Å². The molecule has 0 radical (unpaired) electrons. The Labute approximate surface area is 152 Å². The molecule has 0 spiro atoms. The predicted molar refractivity (Wildman–Crippen MR) is 103 cm³/mol. The predicted octanol–water partition coefficient (Wildman–Crippen LogP) is 5.11. The second-order valence-corrected chi connectivity index (χ2v) is 9.47. The van der Waals surface area contributed by atoms with E-state index >= 15 is 0 Å². The SMILES string of the molecule is Cc1cc(C)n(S(=O)(=O)c2c(C(C)C)cc(C(C)C)cc2C(C)C)n1. The molecule has 2 aromatic rings. The molecule has 138 valence electrons. The normalized spacial score (nSPS) is 12.6. The first-order valence-electron chi connectivity index (χ1n) is 8.93. The quantitative estimate of drug-likeness (QED) is 0.743. The summed E-state index contributed by atoms with van der Waals surface area (Å²) in [5.41, 5.74) is 4.27. The summed E-state index contributed by atoms with van der Waals surface area (Å²) in [5.74, 6) is 0.566. The van der Waals surface area contributed by atoms with Gasteiger partial charge in [0.2, 0.25) is 0 Å².